The number of aromatic amines is 1. The maximum atomic E-state index is 13.6. The van der Waals surface area contributed by atoms with Crippen molar-refractivity contribution in [1.29, 1.82) is 0 Å². The van der Waals surface area contributed by atoms with Crippen LogP contribution in [0, 0.1) is 5.82 Å². The standard InChI is InChI=1S/C17H11FN4O/c18-13-7-3-1-5-11(13)9-20-22-10-19-15-12-6-2-4-8-14(12)21-16(15)17(22)23/h1-10,21H/b20-9+. The lowest BCUT2D eigenvalue weighted by molar-refractivity contribution is 0.625. The van der Waals surface area contributed by atoms with Crippen LogP contribution in [-0.2, 0) is 0 Å². The van der Waals surface area contributed by atoms with E-state index in [0.29, 0.717) is 16.6 Å². The zero-order valence-electron chi connectivity index (χ0n) is 11.9. The summed E-state index contributed by atoms with van der Waals surface area (Å²) in [6, 6.07) is 13.8. The second kappa shape index (κ2) is 5.17. The van der Waals surface area contributed by atoms with Crippen molar-refractivity contribution in [3.63, 3.8) is 0 Å². The predicted octanol–water partition coefficient (Wildman–Crippen LogP) is 2.90. The molecule has 0 aliphatic carbocycles. The summed E-state index contributed by atoms with van der Waals surface area (Å²) in [5.41, 5.74) is 1.78. The van der Waals surface area contributed by atoms with E-state index in [-0.39, 0.29) is 5.56 Å². The summed E-state index contributed by atoms with van der Waals surface area (Å²) >= 11 is 0. The molecule has 2 heterocycles. The molecule has 6 heteroatoms. The Kier molecular flexibility index (Phi) is 3.01. The predicted molar refractivity (Wildman–Crippen MR) is 87.3 cm³/mol. The number of hydrogen-bond acceptors (Lipinski definition) is 3. The third-order valence-corrected chi connectivity index (χ3v) is 3.62. The highest BCUT2D eigenvalue weighted by Crippen LogP contribution is 2.20. The molecule has 4 rings (SSSR count). The summed E-state index contributed by atoms with van der Waals surface area (Å²) in [5, 5.41) is 4.89. The largest absolute Gasteiger partial charge is 0.349 e. The number of nitrogens with one attached hydrogen (secondary N) is 1. The van der Waals surface area contributed by atoms with Crippen molar-refractivity contribution in [3.05, 3.63) is 76.6 Å². The quantitative estimate of drug-likeness (QED) is 0.579. The second-order valence-electron chi connectivity index (χ2n) is 5.05. The summed E-state index contributed by atoms with van der Waals surface area (Å²) < 4.78 is 14.7. The van der Waals surface area contributed by atoms with Crippen LogP contribution in [0.15, 0.2) is 64.8 Å². The molecule has 0 aliphatic heterocycles. The molecule has 112 valence electrons. The topological polar surface area (TPSA) is 63.0 Å². The van der Waals surface area contributed by atoms with Gasteiger partial charge in [-0.3, -0.25) is 4.79 Å². The second-order valence-corrected chi connectivity index (χ2v) is 5.05. The van der Waals surface area contributed by atoms with Crippen LogP contribution in [0.5, 0.6) is 0 Å². The number of halogens is 1. The van der Waals surface area contributed by atoms with Gasteiger partial charge in [-0.25, -0.2) is 9.37 Å². The summed E-state index contributed by atoms with van der Waals surface area (Å²) in [4.78, 5) is 19.8. The van der Waals surface area contributed by atoms with Gasteiger partial charge in [-0.2, -0.15) is 9.78 Å². The Bertz CT molecular complexity index is 1110. The molecule has 4 aromatic rings. The van der Waals surface area contributed by atoms with Crippen LogP contribution < -0.4 is 5.56 Å². The van der Waals surface area contributed by atoms with Crippen molar-refractivity contribution >= 4 is 28.2 Å². The lowest BCUT2D eigenvalue weighted by Crippen LogP contribution is -2.17. The molecule has 0 unspecified atom stereocenters. The van der Waals surface area contributed by atoms with Gasteiger partial charge >= 0.3 is 0 Å². The maximum absolute atomic E-state index is 13.6. The smallest absolute Gasteiger partial charge is 0.298 e. The van der Waals surface area contributed by atoms with E-state index in [2.05, 4.69) is 15.1 Å². The van der Waals surface area contributed by atoms with Crippen molar-refractivity contribution in [2.45, 2.75) is 0 Å². The Balaban J connectivity index is 1.86. The van der Waals surface area contributed by atoms with Crippen LogP contribution >= 0.6 is 0 Å². The minimum atomic E-state index is -0.399. The number of rotatable bonds is 2. The molecule has 0 fully saturated rings. The molecule has 23 heavy (non-hydrogen) atoms. The molecular formula is C17H11FN4O. The molecule has 0 saturated carbocycles. The Morgan fingerprint density at radius 3 is 2.78 bits per heavy atom. The van der Waals surface area contributed by atoms with Gasteiger partial charge in [-0.15, -0.1) is 0 Å². The van der Waals surface area contributed by atoms with Gasteiger partial charge in [0, 0.05) is 16.5 Å². The fraction of sp³-hybridized carbons (Fsp3) is 0. The molecule has 0 amide bonds. The van der Waals surface area contributed by atoms with E-state index in [9.17, 15) is 9.18 Å². The third-order valence-electron chi connectivity index (χ3n) is 3.62. The van der Waals surface area contributed by atoms with Crippen molar-refractivity contribution in [2.75, 3.05) is 0 Å². The zero-order valence-corrected chi connectivity index (χ0v) is 11.9. The Labute approximate surface area is 129 Å². The first-order valence-electron chi connectivity index (χ1n) is 7.01. The molecule has 0 radical (unpaired) electrons. The molecule has 0 aliphatic rings. The van der Waals surface area contributed by atoms with Gasteiger partial charge in [0.2, 0.25) is 0 Å². The van der Waals surface area contributed by atoms with Crippen LogP contribution in [0.3, 0.4) is 0 Å². The van der Waals surface area contributed by atoms with Gasteiger partial charge in [-0.05, 0) is 12.1 Å². The van der Waals surface area contributed by atoms with E-state index < -0.39 is 5.82 Å². The van der Waals surface area contributed by atoms with Crippen LogP contribution in [0.2, 0.25) is 0 Å². The Morgan fingerprint density at radius 2 is 1.91 bits per heavy atom. The summed E-state index contributed by atoms with van der Waals surface area (Å²) in [5.74, 6) is -0.399. The highest BCUT2D eigenvalue weighted by Gasteiger charge is 2.09. The molecule has 5 nitrogen and oxygen atoms in total. The third kappa shape index (κ3) is 2.20. The number of aromatic nitrogens is 3. The normalized spacial score (nSPS) is 11.7. The number of benzene rings is 2. The highest BCUT2D eigenvalue weighted by molar-refractivity contribution is 6.04. The fourth-order valence-electron chi connectivity index (χ4n) is 2.48. The lowest BCUT2D eigenvalue weighted by atomic mass is 10.2. The average molecular weight is 306 g/mol. The number of hydrogen-bond donors (Lipinski definition) is 1. The van der Waals surface area contributed by atoms with Crippen LogP contribution in [0.25, 0.3) is 21.9 Å². The first kappa shape index (κ1) is 13.4. The maximum Gasteiger partial charge on any atom is 0.298 e. The Hall–Kier alpha value is -3.28. The first-order chi connectivity index (χ1) is 11.2. The lowest BCUT2D eigenvalue weighted by Gasteiger charge is -1.98. The van der Waals surface area contributed by atoms with Gasteiger partial charge in [0.05, 0.1) is 6.21 Å². The number of fused-ring (bicyclic) bond motifs is 3. The van der Waals surface area contributed by atoms with E-state index in [1.54, 1.807) is 18.2 Å². The molecule has 2 aromatic heterocycles. The van der Waals surface area contributed by atoms with Gasteiger partial charge < -0.3 is 4.98 Å². The Morgan fingerprint density at radius 1 is 1.13 bits per heavy atom. The summed E-state index contributed by atoms with van der Waals surface area (Å²) in [6.07, 6.45) is 2.63. The van der Waals surface area contributed by atoms with Crippen molar-refractivity contribution in [2.24, 2.45) is 5.10 Å². The minimum Gasteiger partial charge on any atom is -0.349 e. The van der Waals surface area contributed by atoms with E-state index in [1.165, 1.54) is 18.6 Å². The van der Waals surface area contributed by atoms with Crippen LogP contribution in [0.4, 0.5) is 4.39 Å². The van der Waals surface area contributed by atoms with Gasteiger partial charge in [0.1, 0.15) is 23.2 Å². The first-order valence-corrected chi connectivity index (χ1v) is 7.01. The molecular weight excluding hydrogens is 295 g/mol. The van der Waals surface area contributed by atoms with Gasteiger partial charge in [0.15, 0.2) is 0 Å². The summed E-state index contributed by atoms with van der Waals surface area (Å²) in [6.45, 7) is 0. The molecule has 1 N–H and O–H groups in total. The highest BCUT2D eigenvalue weighted by atomic mass is 19.1. The fourth-order valence-corrected chi connectivity index (χ4v) is 2.48. The van der Waals surface area contributed by atoms with E-state index in [1.807, 2.05) is 24.3 Å². The van der Waals surface area contributed by atoms with Crippen molar-refractivity contribution < 1.29 is 4.39 Å². The van der Waals surface area contributed by atoms with E-state index >= 15 is 0 Å². The number of H-pyrrole nitrogens is 1. The zero-order chi connectivity index (χ0) is 15.8. The minimum absolute atomic E-state index is 0.302. The number of para-hydroxylation sites is 1. The molecule has 0 spiro atoms. The monoisotopic (exact) mass is 306 g/mol. The van der Waals surface area contributed by atoms with Crippen molar-refractivity contribution in [3.8, 4) is 0 Å². The molecule has 0 bridgehead atoms. The average Bonchev–Trinajstić information content (AvgIpc) is 2.95. The number of nitrogens with zero attached hydrogens (tertiary/aromatic N) is 3. The molecule has 0 saturated heterocycles. The van der Waals surface area contributed by atoms with Crippen LogP contribution in [-0.4, -0.2) is 20.9 Å². The van der Waals surface area contributed by atoms with E-state index in [4.69, 9.17) is 0 Å². The molecule has 2 aromatic carbocycles. The van der Waals surface area contributed by atoms with Gasteiger partial charge in [-0.1, -0.05) is 36.4 Å². The van der Waals surface area contributed by atoms with Gasteiger partial charge in [0.25, 0.3) is 5.56 Å². The SMILES string of the molecule is O=c1c2[nH]c3ccccc3c2ncn1/N=C/c1ccccc1F. The molecule has 0 atom stereocenters. The van der Waals surface area contributed by atoms with E-state index in [0.717, 1.165) is 15.6 Å². The van der Waals surface area contributed by atoms with Crippen molar-refractivity contribution in [1.82, 2.24) is 14.6 Å². The summed E-state index contributed by atoms with van der Waals surface area (Å²) in [7, 11) is 0. The van der Waals surface area contributed by atoms with Crippen LogP contribution in [0.1, 0.15) is 5.56 Å².